The third-order valence-corrected chi connectivity index (χ3v) is 6.54. The van der Waals surface area contributed by atoms with Gasteiger partial charge in [-0.2, -0.15) is 0 Å². The fourth-order valence-electron chi connectivity index (χ4n) is 4.69. The number of rotatable bonds is 3. The largest absolute Gasteiger partial charge is 0.273 e. The molecule has 2 aliphatic rings. The standard InChI is InChI=1S/C26H17ClFN3O3/c27-24-19(14-15-6-4-5-9-20(15)29-24)22-21-23(34-31(22)18-7-2-1-3-8-18)26(33)30(25(21)32)17-12-10-16(28)11-13-17/h1-14,21-23H/t21-,22+,23+/m0/s1. The zero-order chi connectivity index (χ0) is 23.4. The first-order valence-corrected chi connectivity index (χ1v) is 11.1. The summed E-state index contributed by atoms with van der Waals surface area (Å²) in [4.78, 5) is 38.7. The monoisotopic (exact) mass is 473 g/mol. The van der Waals surface area contributed by atoms with Crippen molar-refractivity contribution in [3.8, 4) is 0 Å². The van der Waals surface area contributed by atoms with Crippen molar-refractivity contribution >= 4 is 45.7 Å². The molecule has 0 N–H and O–H groups in total. The van der Waals surface area contributed by atoms with E-state index in [-0.39, 0.29) is 5.15 Å². The van der Waals surface area contributed by atoms with Crippen molar-refractivity contribution in [1.82, 2.24) is 4.98 Å². The van der Waals surface area contributed by atoms with Gasteiger partial charge in [0.25, 0.3) is 5.91 Å². The quantitative estimate of drug-likeness (QED) is 0.307. The van der Waals surface area contributed by atoms with Gasteiger partial charge in [0.1, 0.15) is 16.9 Å². The Hall–Kier alpha value is -3.81. The van der Waals surface area contributed by atoms with Gasteiger partial charge >= 0.3 is 0 Å². The Morgan fingerprint density at radius 2 is 1.56 bits per heavy atom. The van der Waals surface area contributed by atoms with E-state index in [2.05, 4.69) is 4.98 Å². The van der Waals surface area contributed by atoms with Crippen molar-refractivity contribution < 1.29 is 18.8 Å². The van der Waals surface area contributed by atoms with E-state index in [0.29, 0.717) is 16.9 Å². The van der Waals surface area contributed by atoms with E-state index in [9.17, 15) is 14.0 Å². The van der Waals surface area contributed by atoms with Crippen molar-refractivity contribution in [3.05, 3.63) is 101 Å². The maximum atomic E-state index is 13.7. The number of amides is 2. The molecule has 3 atom stereocenters. The molecule has 6 rings (SSSR count). The third-order valence-electron chi connectivity index (χ3n) is 6.23. The lowest BCUT2D eigenvalue weighted by Crippen LogP contribution is -2.37. The summed E-state index contributed by atoms with van der Waals surface area (Å²) in [6.07, 6.45) is -1.05. The van der Waals surface area contributed by atoms with Gasteiger partial charge in [-0.25, -0.2) is 19.3 Å². The molecule has 3 heterocycles. The van der Waals surface area contributed by atoms with Crippen molar-refractivity contribution in [2.75, 3.05) is 9.96 Å². The Kier molecular flexibility index (Phi) is 4.83. The molecule has 8 heteroatoms. The number of benzene rings is 3. The molecule has 2 aliphatic heterocycles. The molecule has 2 amide bonds. The predicted octanol–water partition coefficient (Wildman–Crippen LogP) is 5.08. The second kappa shape index (κ2) is 7.90. The Morgan fingerprint density at radius 3 is 2.32 bits per heavy atom. The second-order valence-electron chi connectivity index (χ2n) is 8.21. The molecule has 34 heavy (non-hydrogen) atoms. The normalized spacial score (nSPS) is 22.0. The van der Waals surface area contributed by atoms with Gasteiger partial charge in [0.15, 0.2) is 6.10 Å². The molecule has 168 valence electrons. The Bertz CT molecular complexity index is 1430. The number of hydrogen-bond donors (Lipinski definition) is 0. The van der Waals surface area contributed by atoms with Crippen LogP contribution >= 0.6 is 11.6 Å². The molecule has 3 aromatic carbocycles. The van der Waals surface area contributed by atoms with Gasteiger partial charge in [0.05, 0.1) is 22.9 Å². The lowest BCUT2D eigenvalue weighted by Gasteiger charge is -2.29. The number of pyridine rings is 1. The fraction of sp³-hybridized carbons (Fsp3) is 0.115. The Morgan fingerprint density at radius 1 is 0.853 bits per heavy atom. The summed E-state index contributed by atoms with van der Waals surface area (Å²) in [5.74, 6) is -2.26. The summed E-state index contributed by atoms with van der Waals surface area (Å²) >= 11 is 6.64. The van der Waals surface area contributed by atoms with Crippen LogP contribution in [0.25, 0.3) is 10.9 Å². The average molecular weight is 474 g/mol. The predicted molar refractivity (Wildman–Crippen MR) is 126 cm³/mol. The fourth-order valence-corrected chi connectivity index (χ4v) is 4.95. The number of carbonyl (C=O) groups excluding carboxylic acids is 2. The Balaban J connectivity index is 1.49. The molecular formula is C26H17ClFN3O3. The first-order chi connectivity index (χ1) is 16.5. The molecule has 1 aromatic heterocycles. The third kappa shape index (κ3) is 3.16. The number of anilines is 2. The maximum Gasteiger partial charge on any atom is 0.266 e. The van der Waals surface area contributed by atoms with Crippen LogP contribution in [0.1, 0.15) is 11.6 Å². The van der Waals surface area contributed by atoms with Crippen molar-refractivity contribution in [1.29, 1.82) is 0 Å². The lowest BCUT2D eigenvalue weighted by atomic mass is 9.90. The topological polar surface area (TPSA) is 62.7 Å². The molecular weight excluding hydrogens is 457 g/mol. The van der Waals surface area contributed by atoms with Crippen LogP contribution in [0.2, 0.25) is 5.15 Å². The minimum absolute atomic E-state index is 0.231. The highest BCUT2D eigenvalue weighted by molar-refractivity contribution is 6.31. The Labute approximate surface area is 199 Å². The van der Waals surface area contributed by atoms with Gasteiger partial charge in [0.2, 0.25) is 5.91 Å². The zero-order valence-corrected chi connectivity index (χ0v) is 18.4. The minimum atomic E-state index is -1.05. The summed E-state index contributed by atoms with van der Waals surface area (Å²) in [5.41, 5.74) is 2.28. The first-order valence-electron chi connectivity index (χ1n) is 10.7. The van der Waals surface area contributed by atoms with Crippen LogP contribution in [-0.2, 0) is 14.4 Å². The number of halogens is 2. The molecule has 0 spiro atoms. The van der Waals surface area contributed by atoms with Gasteiger partial charge < -0.3 is 0 Å². The van der Waals surface area contributed by atoms with Crippen LogP contribution in [0, 0.1) is 11.7 Å². The summed E-state index contributed by atoms with van der Waals surface area (Å²) in [5, 5.41) is 2.66. The second-order valence-corrected chi connectivity index (χ2v) is 8.57. The molecule has 4 aromatic rings. The van der Waals surface area contributed by atoms with E-state index in [4.69, 9.17) is 16.4 Å². The molecule has 0 radical (unpaired) electrons. The molecule has 0 saturated carbocycles. The van der Waals surface area contributed by atoms with Crippen LogP contribution in [0.15, 0.2) is 84.9 Å². The van der Waals surface area contributed by atoms with Gasteiger partial charge in [0, 0.05) is 10.9 Å². The average Bonchev–Trinajstić information content (AvgIpc) is 3.36. The van der Waals surface area contributed by atoms with Gasteiger partial charge in [-0.15, -0.1) is 0 Å². The molecule has 2 fully saturated rings. The zero-order valence-electron chi connectivity index (χ0n) is 17.6. The SMILES string of the molecule is O=C1[C@H]2[C@@H](c3cc4ccccc4nc3Cl)N(c3ccccc3)O[C@H]2C(=O)N1c1ccc(F)cc1. The minimum Gasteiger partial charge on any atom is -0.273 e. The van der Waals surface area contributed by atoms with E-state index in [1.165, 1.54) is 24.3 Å². The van der Waals surface area contributed by atoms with E-state index in [0.717, 1.165) is 15.8 Å². The first kappa shape index (κ1) is 20.8. The van der Waals surface area contributed by atoms with Crippen LogP contribution in [0.4, 0.5) is 15.8 Å². The van der Waals surface area contributed by atoms with E-state index < -0.39 is 35.7 Å². The summed E-state index contributed by atoms with van der Waals surface area (Å²) < 4.78 is 13.5. The smallest absolute Gasteiger partial charge is 0.266 e. The van der Waals surface area contributed by atoms with Gasteiger partial charge in [-0.05, 0) is 48.5 Å². The van der Waals surface area contributed by atoms with Crippen LogP contribution in [0.3, 0.4) is 0 Å². The highest BCUT2D eigenvalue weighted by Gasteiger charge is 2.60. The van der Waals surface area contributed by atoms with Crippen molar-refractivity contribution in [2.45, 2.75) is 12.1 Å². The lowest BCUT2D eigenvalue weighted by molar-refractivity contribution is -0.126. The number of hydrogen-bond acceptors (Lipinski definition) is 5. The molecule has 6 nitrogen and oxygen atoms in total. The van der Waals surface area contributed by atoms with E-state index >= 15 is 0 Å². The van der Waals surface area contributed by atoms with Crippen LogP contribution in [-0.4, -0.2) is 22.9 Å². The number of para-hydroxylation sites is 2. The van der Waals surface area contributed by atoms with Crippen molar-refractivity contribution in [2.24, 2.45) is 5.92 Å². The molecule has 0 unspecified atom stereocenters. The van der Waals surface area contributed by atoms with Crippen LogP contribution in [0.5, 0.6) is 0 Å². The van der Waals surface area contributed by atoms with Crippen LogP contribution < -0.4 is 9.96 Å². The summed E-state index contributed by atoms with van der Waals surface area (Å²) in [6, 6.07) is 23.2. The summed E-state index contributed by atoms with van der Waals surface area (Å²) in [7, 11) is 0. The molecule has 2 saturated heterocycles. The number of fused-ring (bicyclic) bond motifs is 2. The molecule has 0 bridgehead atoms. The molecule has 0 aliphatic carbocycles. The number of hydroxylamine groups is 1. The van der Waals surface area contributed by atoms with Gasteiger partial charge in [-0.1, -0.05) is 48.0 Å². The van der Waals surface area contributed by atoms with E-state index in [1.807, 2.05) is 60.7 Å². The van der Waals surface area contributed by atoms with E-state index in [1.54, 1.807) is 5.06 Å². The summed E-state index contributed by atoms with van der Waals surface area (Å²) in [6.45, 7) is 0. The number of aromatic nitrogens is 1. The van der Waals surface area contributed by atoms with Gasteiger partial charge in [-0.3, -0.25) is 14.4 Å². The van der Waals surface area contributed by atoms with Crippen molar-refractivity contribution in [3.63, 3.8) is 0 Å². The number of imide groups is 1. The maximum absolute atomic E-state index is 13.7. The highest BCUT2D eigenvalue weighted by atomic mass is 35.5. The number of carbonyl (C=O) groups is 2. The number of nitrogens with zero attached hydrogens (tertiary/aromatic N) is 3. The highest BCUT2D eigenvalue weighted by Crippen LogP contribution is 2.49.